The molecule has 0 radical (unpaired) electrons. The maximum Gasteiger partial charge on any atom is 0.416 e. The Kier molecular flexibility index (Phi) is 6.42. The molecule has 0 aliphatic heterocycles. The Bertz CT molecular complexity index is 649. The van der Waals surface area contributed by atoms with Crippen molar-refractivity contribution in [3.63, 3.8) is 0 Å². The Hall–Kier alpha value is -2.02. The Morgan fingerprint density at radius 1 is 1.25 bits per heavy atom. The van der Waals surface area contributed by atoms with Gasteiger partial charge in [-0.2, -0.15) is 13.2 Å². The largest absolute Gasteiger partial charge is 0.452 e. The highest BCUT2D eigenvalue weighted by atomic mass is 35.5. The lowest BCUT2D eigenvalue weighted by Crippen LogP contribution is -2.42. The summed E-state index contributed by atoms with van der Waals surface area (Å²) in [6.07, 6.45) is -2.51. The Labute approximate surface area is 142 Å². The number of halogens is 4. The van der Waals surface area contributed by atoms with E-state index in [0.717, 1.165) is 30.4 Å². The molecule has 4 nitrogen and oxygen atoms in total. The molecule has 0 aromatic heterocycles. The molecule has 24 heavy (non-hydrogen) atoms. The number of esters is 1. The van der Waals surface area contributed by atoms with E-state index in [1.54, 1.807) is 20.8 Å². The monoisotopic (exact) mass is 363 g/mol. The van der Waals surface area contributed by atoms with Gasteiger partial charge in [-0.1, -0.05) is 11.6 Å². The van der Waals surface area contributed by atoms with Crippen molar-refractivity contribution in [2.45, 2.75) is 32.5 Å². The van der Waals surface area contributed by atoms with E-state index in [9.17, 15) is 22.8 Å². The van der Waals surface area contributed by atoms with E-state index in [-0.39, 0.29) is 10.6 Å². The summed E-state index contributed by atoms with van der Waals surface area (Å²) in [5, 5.41) is 2.65. The number of carbonyl (C=O) groups excluding carboxylic acids is 2. The topological polar surface area (TPSA) is 55.4 Å². The Morgan fingerprint density at radius 3 is 2.42 bits per heavy atom. The van der Waals surface area contributed by atoms with E-state index in [1.807, 2.05) is 0 Å². The predicted octanol–water partition coefficient (Wildman–Crippen LogP) is 3.83. The van der Waals surface area contributed by atoms with Crippen LogP contribution in [-0.4, -0.2) is 24.0 Å². The molecule has 0 aliphatic carbocycles. The SMILES string of the molecule is CC(C)(C)NC(=O)COC(=O)/C=C/c1cc(C(F)(F)F)ccc1Cl. The highest BCUT2D eigenvalue weighted by Gasteiger charge is 2.30. The molecule has 0 unspecified atom stereocenters. The third-order valence-electron chi connectivity index (χ3n) is 2.58. The fraction of sp³-hybridized carbons (Fsp3) is 0.375. The molecule has 1 aromatic rings. The van der Waals surface area contributed by atoms with Crippen molar-refractivity contribution in [2.75, 3.05) is 6.61 Å². The molecule has 8 heteroatoms. The second-order valence-corrected chi connectivity index (χ2v) is 6.38. The van der Waals surface area contributed by atoms with Crippen molar-refractivity contribution in [1.82, 2.24) is 5.32 Å². The van der Waals surface area contributed by atoms with Gasteiger partial charge >= 0.3 is 12.1 Å². The third kappa shape index (κ3) is 7.04. The van der Waals surface area contributed by atoms with Crippen LogP contribution in [0.5, 0.6) is 0 Å². The third-order valence-corrected chi connectivity index (χ3v) is 2.93. The summed E-state index contributed by atoms with van der Waals surface area (Å²) >= 11 is 5.80. The molecule has 1 rings (SSSR count). The van der Waals surface area contributed by atoms with Crippen LogP contribution in [0, 0.1) is 0 Å². The first-order valence-electron chi connectivity index (χ1n) is 6.91. The summed E-state index contributed by atoms with van der Waals surface area (Å²) in [5.74, 6) is -1.35. The highest BCUT2D eigenvalue weighted by Crippen LogP contribution is 2.32. The summed E-state index contributed by atoms with van der Waals surface area (Å²) in [6.45, 7) is 4.81. The highest BCUT2D eigenvalue weighted by molar-refractivity contribution is 6.32. The molecular weight excluding hydrogens is 347 g/mol. The fourth-order valence-electron chi connectivity index (χ4n) is 1.64. The van der Waals surface area contributed by atoms with Crippen molar-refractivity contribution in [2.24, 2.45) is 0 Å². The maximum atomic E-state index is 12.6. The lowest BCUT2D eigenvalue weighted by atomic mass is 10.1. The van der Waals surface area contributed by atoms with E-state index in [4.69, 9.17) is 16.3 Å². The van der Waals surface area contributed by atoms with Gasteiger partial charge < -0.3 is 10.1 Å². The zero-order chi connectivity index (χ0) is 18.5. The molecule has 0 saturated carbocycles. The van der Waals surface area contributed by atoms with Gasteiger partial charge in [0.1, 0.15) is 0 Å². The summed E-state index contributed by atoms with van der Waals surface area (Å²) in [5.41, 5.74) is -1.34. The quantitative estimate of drug-likeness (QED) is 0.653. The minimum atomic E-state index is -4.52. The van der Waals surface area contributed by atoms with Crippen LogP contribution in [0.2, 0.25) is 5.02 Å². The Balaban J connectivity index is 2.69. The zero-order valence-electron chi connectivity index (χ0n) is 13.3. The lowest BCUT2D eigenvalue weighted by molar-refractivity contribution is -0.144. The van der Waals surface area contributed by atoms with Gasteiger partial charge in [-0.3, -0.25) is 4.79 Å². The maximum absolute atomic E-state index is 12.6. The zero-order valence-corrected chi connectivity index (χ0v) is 14.1. The van der Waals surface area contributed by atoms with Crippen LogP contribution in [0.3, 0.4) is 0 Å². The van der Waals surface area contributed by atoms with Gasteiger partial charge in [0, 0.05) is 16.6 Å². The second-order valence-electron chi connectivity index (χ2n) is 5.97. The first-order valence-corrected chi connectivity index (χ1v) is 7.29. The normalized spacial score (nSPS) is 12.3. The first kappa shape index (κ1) is 20.0. The molecule has 0 fully saturated rings. The van der Waals surface area contributed by atoms with Crippen LogP contribution in [0.1, 0.15) is 31.9 Å². The number of amides is 1. The lowest BCUT2D eigenvalue weighted by Gasteiger charge is -2.20. The predicted molar refractivity (Wildman–Crippen MR) is 84.3 cm³/mol. The minimum absolute atomic E-state index is 0.0163. The van der Waals surface area contributed by atoms with E-state index in [0.29, 0.717) is 0 Å². The van der Waals surface area contributed by atoms with Crippen molar-refractivity contribution in [1.29, 1.82) is 0 Å². The van der Waals surface area contributed by atoms with Crippen molar-refractivity contribution >= 4 is 29.6 Å². The number of benzene rings is 1. The van der Waals surface area contributed by atoms with E-state index < -0.39 is 35.8 Å². The number of hydrogen-bond donors (Lipinski definition) is 1. The molecule has 0 aliphatic rings. The van der Waals surface area contributed by atoms with Crippen molar-refractivity contribution in [3.05, 3.63) is 40.4 Å². The number of nitrogens with one attached hydrogen (secondary N) is 1. The van der Waals surface area contributed by atoms with Crippen LogP contribution < -0.4 is 5.32 Å². The van der Waals surface area contributed by atoms with Crippen molar-refractivity contribution in [3.8, 4) is 0 Å². The van der Waals surface area contributed by atoms with Crippen LogP contribution in [0.15, 0.2) is 24.3 Å². The Morgan fingerprint density at radius 2 is 1.88 bits per heavy atom. The summed E-state index contributed by atoms with van der Waals surface area (Å²) in [7, 11) is 0. The van der Waals surface area contributed by atoms with Gasteiger partial charge in [0.15, 0.2) is 6.61 Å². The number of ether oxygens (including phenoxy) is 1. The molecule has 1 amide bonds. The van der Waals surface area contributed by atoms with Crippen LogP contribution in [-0.2, 0) is 20.5 Å². The number of carbonyl (C=O) groups is 2. The van der Waals surface area contributed by atoms with E-state index >= 15 is 0 Å². The van der Waals surface area contributed by atoms with Gasteiger partial charge in [0.05, 0.1) is 5.56 Å². The second kappa shape index (κ2) is 7.70. The van der Waals surface area contributed by atoms with Crippen LogP contribution in [0.4, 0.5) is 13.2 Å². The molecule has 0 atom stereocenters. The van der Waals surface area contributed by atoms with Crippen LogP contribution in [0.25, 0.3) is 6.08 Å². The first-order chi connectivity index (χ1) is 10.9. The number of alkyl halides is 3. The van der Waals surface area contributed by atoms with Gasteiger partial charge in [0.2, 0.25) is 0 Å². The molecule has 1 aromatic carbocycles. The molecule has 0 saturated heterocycles. The molecule has 1 N–H and O–H groups in total. The van der Waals surface area contributed by atoms with E-state index in [2.05, 4.69) is 5.32 Å². The van der Waals surface area contributed by atoms with Gasteiger partial charge in [-0.25, -0.2) is 4.79 Å². The van der Waals surface area contributed by atoms with Crippen LogP contribution >= 0.6 is 11.6 Å². The smallest absolute Gasteiger partial charge is 0.416 e. The summed E-state index contributed by atoms with van der Waals surface area (Å²) in [4.78, 5) is 23.0. The summed E-state index contributed by atoms with van der Waals surface area (Å²) in [6, 6.07) is 2.75. The number of rotatable bonds is 4. The molecule has 132 valence electrons. The van der Waals surface area contributed by atoms with E-state index in [1.165, 1.54) is 0 Å². The average Bonchev–Trinajstić information content (AvgIpc) is 2.41. The summed E-state index contributed by atoms with van der Waals surface area (Å²) < 4.78 is 42.6. The number of hydrogen-bond acceptors (Lipinski definition) is 3. The minimum Gasteiger partial charge on any atom is -0.452 e. The molecular formula is C16H17ClF3NO3. The average molecular weight is 364 g/mol. The fourth-order valence-corrected chi connectivity index (χ4v) is 1.83. The van der Waals surface area contributed by atoms with Gasteiger partial charge in [0.25, 0.3) is 5.91 Å². The molecule has 0 heterocycles. The van der Waals surface area contributed by atoms with Gasteiger partial charge in [-0.05, 0) is 50.6 Å². The van der Waals surface area contributed by atoms with Crippen molar-refractivity contribution < 1.29 is 27.5 Å². The standard InChI is InChI=1S/C16H17ClF3NO3/c1-15(2,3)21-13(22)9-24-14(23)7-4-10-8-11(16(18,19)20)5-6-12(10)17/h4-8H,9H2,1-3H3,(H,21,22)/b7-4+. The molecule has 0 bridgehead atoms. The van der Waals surface area contributed by atoms with Gasteiger partial charge in [-0.15, -0.1) is 0 Å². The molecule has 0 spiro atoms.